The van der Waals surface area contributed by atoms with Gasteiger partial charge in [-0.05, 0) is 36.4 Å². The number of rotatable bonds is 3. The Kier molecular flexibility index (Phi) is 4.11. The second kappa shape index (κ2) is 6.19. The van der Waals surface area contributed by atoms with E-state index in [2.05, 4.69) is 26.6 Å². The zero-order valence-electron chi connectivity index (χ0n) is 11.5. The van der Waals surface area contributed by atoms with Crippen molar-refractivity contribution in [2.24, 2.45) is 0 Å². The summed E-state index contributed by atoms with van der Waals surface area (Å²) in [7, 11) is 0. The van der Waals surface area contributed by atoms with E-state index in [9.17, 15) is 9.59 Å². The molecule has 1 atom stereocenters. The number of para-hydroxylation sites is 2. The van der Waals surface area contributed by atoms with Gasteiger partial charge in [-0.15, -0.1) is 0 Å². The number of ether oxygens (including phenoxy) is 1. The molecule has 3 rings (SSSR count). The van der Waals surface area contributed by atoms with Gasteiger partial charge in [-0.2, -0.15) is 0 Å². The molecule has 0 radical (unpaired) electrons. The van der Waals surface area contributed by atoms with E-state index in [-0.39, 0.29) is 18.2 Å². The number of carbonyl (C=O) groups excluding carboxylic acids is 2. The van der Waals surface area contributed by atoms with E-state index in [1.54, 1.807) is 24.3 Å². The molecule has 2 aromatic carbocycles. The molecule has 1 aliphatic rings. The molecular formula is C16H13BrN2O3. The molecule has 1 heterocycles. The monoisotopic (exact) mass is 360 g/mol. The topological polar surface area (TPSA) is 67.4 Å². The molecule has 2 amide bonds. The molecule has 0 spiro atoms. The number of benzene rings is 2. The van der Waals surface area contributed by atoms with Crippen molar-refractivity contribution in [3.63, 3.8) is 0 Å². The fourth-order valence-electron chi connectivity index (χ4n) is 2.14. The normalized spacial score (nSPS) is 16.2. The van der Waals surface area contributed by atoms with Crippen LogP contribution in [0.25, 0.3) is 0 Å². The first-order valence-corrected chi connectivity index (χ1v) is 7.53. The van der Waals surface area contributed by atoms with Crippen molar-refractivity contribution in [1.29, 1.82) is 0 Å². The van der Waals surface area contributed by atoms with Crippen molar-refractivity contribution in [2.75, 3.05) is 10.6 Å². The van der Waals surface area contributed by atoms with Gasteiger partial charge < -0.3 is 15.4 Å². The predicted molar refractivity (Wildman–Crippen MR) is 86.9 cm³/mol. The van der Waals surface area contributed by atoms with Gasteiger partial charge in [-0.3, -0.25) is 9.59 Å². The molecule has 2 aromatic rings. The van der Waals surface area contributed by atoms with Crippen LogP contribution in [-0.4, -0.2) is 17.9 Å². The molecule has 0 bridgehead atoms. The maximum absolute atomic E-state index is 12.0. The lowest BCUT2D eigenvalue weighted by Crippen LogP contribution is -2.39. The van der Waals surface area contributed by atoms with Gasteiger partial charge in [-0.1, -0.05) is 28.1 Å². The highest BCUT2D eigenvalue weighted by Gasteiger charge is 2.29. The summed E-state index contributed by atoms with van der Waals surface area (Å²) in [6.07, 6.45) is -0.874. The maximum atomic E-state index is 12.0. The number of nitrogens with one attached hydrogen (secondary N) is 2. The number of hydrogen-bond donors (Lipinski definition) is 2. The molecule has 0 fully saturated rings. The Balaban J connectivity index is 1.64. The SMILES string of the molecule is O=C(C[C@@H]1Oc2ccccc2NC1=O)Nc1ccc(Br)cc1. The Bertz CT molecular complexity index is 716. The highest BCUT2D eigenvalue weighted by Crippen LogP contribution is 2.29. The number of carbonyl (C=O) groups is 2. The van der Waals surface area contributed by atoms with E-state index < -0.39 is 6.10 Å². The third-order valence-electron chi connectivity index (χ3n) is 3.21. The Morgan fingerprint density at radius 1 is 1.18 bits per heavy atom. The van der Waals surface area contributed by atoms with Crippen LogP contribution < -0.4 is 15.4 Å². The second-order valence-corrected chi connectivity index (χ2v) is 5.77. The van der Waals surface area contributed by atoms with E-state index in [0.717, 1.165) is 4.47 Å². The molecule has 5 nitrogen and oxygen atoms in total. The molecule has 0 saturated heterocycles. The average molecular weight is 361 g/mol. The Morgan fingerprint density at radius 2 is 1.91 bits per heavy atom. The molecular weight excluding hydrogens is 348 g/mol. The van der Waals surface area contributed by atoms with Gasteiger partial charge >= 0.3 is 0 Å². The summed E-state index contributed by atoms with van der Waals surface area (Å²) in [5, 5.41) is 5.48. The van der Waals surface area contributed by atoms with Crippen LogP contribution in [0.2, 0.25) is 0 Å². The van der Waals surface area contributed by atoms with Crippen LogP contribution in [0.3, 0.4) is 0 Å². The molecule has 2 N–H and O–H groups in total. The second-order valence-electron chi connectivity index (χ2n) is 4.85. The van der Waals surface area contributed by atoms with Gasteiger partial charge in [0, 0.05) is 10.2 Å². The van der Waals surface area contributed by atoms with Gasteiger partial charge in [0.1, 0.15) is 5.75 Å². The summed E-state index contributed by atoms with van der Waals surface area (Å²) in [6.45, 7) is 0. The highest BCUT2D eigenvalue weighted by molar-refractivity contribution is 9.10. The van der Waals surface area contributed by atoms with Crippen molar-refractivity contribution in [1.82, 2.24) is 0 Å². The smallest absolute Gasteiger partial charge is 0.266 e. The third-order valence-corrected chi connectivity index (χ3v) is 3.73. The predicted octanol–water partition coefficient (Wildman–Crippen LogP) is 3.18. The maximum Gasteiger partial charge on any atom is 0.266 e. The number of anilines is 2. The number of halogens is 1. The van der Waals surface area contributed by atoms with Crippen molar-refractivity contribution >= 4 is 39.1 Å². The quantitative estimate of drug-likeness (QED) is 0.883. The summed E-state index contributed by atoms with van der Waals surface area (Å²) in [4.78, 5) is 24.0. The molecule has 0 aromatic heterocycles. The standard InChI is InChI=1S/C16H13BrN2O3/c17-10-5-7-11(8-6-10)18-15(20)9-14-16(21)19-12-3-1-2-4-13(12)22-14/h1-8,14H,9H2,(H,18,20)(H,19,21)/t14-/m0/s1. The van der Waals surface area contributed by atoms with Crippen molar-refractivity contribution < 1.29 is 14.3 Å². The van der Waals surface area contributed by atoms with Crippen molar-refractivity contribution in [2.45, 2.75) is 12.5 Å². The summed E-state index contributed by atoms with van der Waals surface area (Å²) in [5.74, 6) is -0.0185. The molecule has 0 unspecified atom stereocenters. The molecule has 0 saturated carbocycles. The van der Waals surface area contributed by atoms with Gasteiger partial charge in [0.15, 0.2) is 6.10 Å². The molecule has 1 aliphatic heterocycles. The first-order chi connectivity index (χ1) is 10.6. The number of fused-ring (bicyclic) bond motifs is 1. The lowest BCUT2D eigenvalue weighted by atomic mass is 10.1. The summed E-state index contributed by atoms with van der Waals surface area (Å²) < 4.78 is 6.52. The van der Waals surface area contributed by atoms with Crippen molar-refractivity contribution in [3.8, 4) is 5.75 Å². The van der Waals surface area contributed by atoms with E-state index >= 15 is 0 Å². The molecule has 112 valence electrons. The fraction of sp³-hybridized carbons (Fsp3) is 0.125. The van der Waals surface area contributed by atoms with Crippen LogP contribution in [0.15, 0.2) is 53.0 Å². The lowest BCUT2D eigenvalue weighted by molar-refractivity contribution is -0.128. The van der Waals surface area contributed by atoms with Crippen LogP contribution in [0.5, 0.6) is 5.75 Å². The largest absolute Gasteiger partial charge is 0.478 e. The lowest BCUT2D eigenvalue weighted by Gasteiger charge is -2.25. The minimum atomic E-state index is -0.828. The zero-order valence-corrected chi connectivity index (χ0v) is 13.1. The van der Waals surface area contributed by atoms with Gasteiger partial charge in [0.25, 0.3) is 5.91 Å². The Morgan fingerprint density at radius 3 is 2.68 bits per heavy atom. The minimum absolute atomic E-state index is 0.0454. The highest BCUT2D eigenvalue weighted by atomic mass is 79.9. The Hall–Kier alpha value is -2.34. The van der Waals surface area contributed by atoms with Crippen LogP contribution in [0, 0.1) is 0 Å². The van der Waals surface area contributed by atoms with E-state index in [1.807, 2.05) is 24.3 Å². The van der Waals surface area contributed by atoms with Gasteiger partial charge in [-0.25, -0.2) is 0 Å². The summed E-state index contributed by atoms with van der Waals surface area (Å²) in [6, 6.07) is 14.3. The molecule has 22 heavy (non-hydrogen) atoms. The van der Waals surface area contributed by atoms with Crippen LogP contribution in [0.1, 0.15) is 6.42 Å². The number of hydrogen-bond acceptors (Lipinski definition) is 3. The van der Waals surface area contributed by atoms with Crippen LogP contribution >= 0.6 is 15.9 Å². The fourth-order valence-corrected chi connectivity index (χ4v) is 2.41. The van der Waals surface area contributed by atoms with Crippen LogP contribution in [0.4, 0.5) is 11.4 Å². The van der Waals surface area contributed by atoms with E-state index in [4.69, 9.17) is 4.74 Å². The number of amides is 2. The summed E-state index contributed by atoms with van der Waals surface area (Å²) in [5.41, 5.74) is 1.29. The molecule has 0 aliphatic carbocycles. The first-order valence-electron chi connectivity index (χ1n) is 6.74. The van der Waals surface area contributed by atoms with Gasteiger partial charge in [0.05, 0.1) is 12.1 Å². The zero-order chi connectivity index (χ0) is 15.5. The van der Waals surface area contributed by atoms with Gasteiger partial charge in [0.2, 0.25) is 5.91 Å². The van der Waals surface area contributed by atoms with Crippen LogP contribution in [-0.2, 0) is 9.59 Å². The van der Waals surface area contributed by atoms with E-state index in [1.165, 1.54) is 0 Å². The Labute approximate surface area is 135 Å². The molecule has 6 heteroatoms. The summed E-state index contributed by atoms with van der Waals surface area (Å²) >= 11 is 3.33. The first kappa shape index (κ1) is 14.6. The average Bonchev–Trinajstić information content (AvgIpc) is 2.50. The third kappa shape index (κ3) is 3.28. The van der Waals surface area contributed by atoms with Crippen molar-refractivity contribution in [3.05, 3.63) is 53.0 Å². The minimum Gasteiger partial charge on any atom is -0.478 e. The van der Waals surface area contributed by atoms with E-state index in [0.29, 0.717) is 17.1 Å².